The lowest BCUT2D eigenvalue weighted by molar-refractivity contribution is -0.133. The van der Waals surface area contributed by atoms with Gasteiger partial charge in [0.1, 0.15) is 0 Å². The third kappa shape index (κ3) is 29.4. The van der Waals surface area contributed by atoms with E-state index in [0.717, 1.165) is 10.8 Å². The van der Waals surface area contributed by atoms with Gasteiger partial charge < -0.3 is 10.2 Å². The maximum Gasteiger partial charge on any atom is 0.313 e. The first-order chi connectivity index (χ1) is 4.18. The Bertz CT molecular complexity index is 65.3. The second kappa shape index (κ2) is 11.3. The number of carboxylic acid groups (broad SMARTS) is 1. The summed E-state index contributed by atoms with van der Waals surface area (Å²) < 4.78 is 0. The highest BCUT2D eigenvalue weighted by Crippen LogP contribution is 1.98. The smallest absolute Gasteiger partial charge is 0.313 e. The molecule has 0 aliphatic rings. The van der Waals surface area contributed by atoms with Crippen LogP contribution in [0.4, 0.5) is 0 Å². The molecule has 0 aromatic rings. The predicted octanol–water partition coefficient (Wildman–Crippen LogP) is 0.515. The summed E-state index contributed by atoms with van der Waals surface area (Å²) in [6, 6.07) is 0. The average Bonchev–Trinajstić information content (AvgIpc) is 1.89. The highest BCUT2D eigenvalue weighted by Gasteiger charge is 1.81. The predicted molar refractivity (Wildman–Crippen MR) is 45.2 cm³/mol. The van der Waals surface area contributed by atoms with Gasteiger partial charge in [0.15, 0.2) is 0 Å². The SMILES string of the molecule is O=C(O)CS.OCSS. The first-order valence-corrected chi connectivity index (χ1v) is 4.56. The Morgan fingerprint density at radius 2 is 1.89 bits per heavy atom. The van der Waals surface area contributed by atoms with Gasteiger partial charge in [0.25, 0.3) is 0 Å². The van der Waals surface area contributed by atoms with Gasteiger partial charge in [-0.25, -0.2) is 0 Å². The summed E-state index contributed by atoms with van der Waals surface area (Å²) in [7, 11) is 1.11. The van der Waals surface area contributed by atoms with E-state index in [1.54, 1.807) is 0 Å². The molecular weight excluding hydrogens is 180 g/mol. The normalized spacial score (nSPS) is 7.44. The van der Waals surface area contributed by atoms with E-state index >= 15 is 0 Å². The van der Waals surface area contributed by atoms with E-state index < -0.39 is 5.97 Å². The number of hydrogen-bond donors (Lipinski definition) is 4. The van der Waals surface area contributed by atoms with Gasteiger partial charge in [0.2, 0.25) is 0 Å². The first kappa shape index (κ1) is 12.2. The van der Waals surface area contributed by atoms with Gasteiger partial charge in [0.05, 0.1) is 11.7 Å². The molecule has 3 nitrogen and oxygen atoms in total. The van der Waals surface area contributed by atoms with E-state index in [9.17, 15) is 4.79 Å². The largest absolute Gasteiger partial charge is 0.481 e. The first-order valence-electron chi connectivity index (χ1n) is 1.88. The minimum atomic E-state index is -0.881. The summed E-state index contributed by atoms with van der Waals surface area (Å²) in [5, 5.41) is 15.4. The van der Waals surface area contributed by atoms with Gasteiger partial charge in [-0.05, 0) is 0 Å². The fourth-order valence-electron chi connectivity index (χ4n) is 0. The minimum absolute atomic E-state index is 0.0833. The molecule has 0 spiro atoms. The van der Waals surface area contributed by atoms with Crippen molar-refractivity contribution in [3.63, 3.8) is 0 Å². The highest BCUT2D eigenvalue weighted by molar-refractivity contribution is 8.68. The van der Waals surface area contributed by atoms with Crippen molar-refractivity contribution < 1.29 is 15.0 Å². The number of aliphatic hydroxyl groups excluding tert-OH is 1. The van der Waals surface area contributed by atoms with Crippen LogP contribution in [0.1, 0.15) is 0 Å². The lowest BCUT2D eigenvalue weighted by Crippen LogP contribution is -1.92. The summed E-state index contributed by atoms with van der Waals surface area (Å²) in [6.45, 7) is 0. The maximum atomic E-state index is 9.29. The highest BCUT2D eigenvalue weighted by atomic mass is 33.1. The molecule has 0 aromatic heterocycles. The van der Waals surface area contributed by atoms with Crippen LogP contribution in [0.25, 0.3) is 0 Å². The third-order valence-electron chi connectivity index (χ3n) is 0.193. The number of rotatable bonds is 2. The quantitative estimate of drug-likeness (QED) is 0.290. The molecule has 0 heterocycles. The van der Waals surface area contributed by atoms with Crippen LogP contribution in [-0.4, -0.2) is 27.9 Å². The number of thiol groups is 2. The number of carbonyl (C=O) groups is 1. The van der Waals surface area contributed by atoms with Crippen molar-refractivity contribution in [3.05, 3.63) is 0 Å². The van der Waals surface area contributed by atoms with Gasteiger partial charge >= 0.3 is 5.97 Å². The molecule has 0 rings (SSSR count). The van der Waals surface area contributed by atoms with Crippen LogP contribution < -0.4 is 0 Å². The van der Waals surface area contributed by atoms with Crippen LogP contribution in [-0.2, 0) is 4.79 Å². The van der Waals surface area contributed by atoms with E-state index in [1.165, 1.54) is 0 Å². The van der Waals surface area contributed by atoms with Crippen LogP contribution in [0.2, 0.25) is 0 Å². The van der Waals surface area contributed by atoms with E-state index in [2.05, 4.69) is 24.3 Å². The molecule has 0 saturated heterocycles. The van der Waals surface area contributed by atoms with Crippen molar-refractivity contribution in [3.8, 4) is 0 Å². The molecule has 0 radical (unpaired) electrons. The van der Waals surface area contributed by atoms with Crippen LogP contribution in [0.15, 0.2) is 0 Å². The summed E-state index contributed by atoms with van der Waals surface area (Å²) in [5.74, 6) is -0.864. The Kier molecular flexibility index (Phi) is 15.3. The summed E-state index contributed by atoms with van der Waals surface area (Å²) >= 11 is 7.00. The van der Waals surface area contributed by atoms with Crippen molar-refractivity contribution in [2.75, 3.05) is 11.7 Å². The van der Waals surface area contributed by atoms with Crippen molar-refractivity contribution in [1.82, 2.24) is 0 Å². The van der Waals surface area contributed by atoms with Gasteiger partial charge in [0, 0.05) is 0 Å². The molecule has 0 aromatic carbocycles. The summed E-state index contributed by atoms with van der Waals surface area (Å²) in [5.41, 5.74) is 0. The Hall–Kier alpha value is 0.480. The minimum Gasteiger partial charge on any atom is -0.481 e. The Morgan fingerprint density at radius 1 is 1.67 bits per heavy atom. The van der Waals surface area contributed by atoms with E-state index in [0.29, 0.717) is 0 Å². The lowest BCUT2D eigenvalue weighted by atomic mass is 10.8. The van der Waals surface area contributed by atoms with E-state index in [4.69, 9.17) is 10.2 Å². The van der Waals surface area contributed by atoms with Crippen LogP contribution in [0.5, 0.6) is 0 Å². The zero-order chi connectivity index (χ0) is 7.70. The van der Waals surface area contributed by atoms with Gasteiger partial charge in [-0.1, -0.05) is 10.8 Å². The molecular formula is C3H8O3S3. The standard InChI is InChI=1S/C2H4O2S.CH4OS2/c3-2(4)1-5;2-1-4-3/h5H,1H2,(H,3,4);2-3H,1H2. The second-order valence-corrected chi connectivity index (χ2v) is 2.42. The topological polar surface area (TPSA) is 57.5 Å². The van der Waals surface area contributed by atoms with Gasteiger partial charge in [-0.2, -0.15) is 12.6 Å². The molecule has 6 heteroatoms. The molecule has 2 N–H and O–H groups in total. The summed E-state index contributed by atoms with van der Waals surface area (Å²) in [4.78, 5) is 9.29. The van der Waals surface area contributed by atoms with Gasteiger partial charge in [-0.3, -0.25) is 4.79 Å². The molecule has 0 fully saturated rings. The number of aliphatic hydroxyl groups is 1. The van der Waals surface area contributed by atoms with Gasteiger partial charge in [-0.15, -0.1) is 11.7 Å². The third-order valence-corrected chi connectivity index (χ3v) is 0.925. The van der Waals surface area contributed by atoms with Crippen LogP contribution >= 0.6 is 35.1 Å². The molecule has 0 aliphatic heterocycles. The Morgan fingerprint density at radius 3 is 1.89 bits per heavy atom. The molecule has 0 amide bonds. The van der Waals surface area contributed by atoms with E-state index in [-0.39, 0.29) is 11.7 Å². The summed E-state index contributed by atoms with van der Waals surface area (Å²) in [6.07, 6.45) is 0. The zero-order valence-electron chi connectivity index (χ0n) is 4.52. The second-order valence-electron chi connectivity index (χ2n) is 0.810. The van der Waals surface area contributed by atoms with Crippen LogP contribution in [0.3, 0.4) is 0 Å². The molecule has 9 heavy (non-hydrogen) atoms. The van der Waals surface area contributed by atoms with Crippen LogP contribution in [0, 0.1) is 0 Å². The fraction of sp³-hybridized carbons (Fsp3) is 0.667. The van der Waals surface area contributed by atoms with Crippen molar-refractivity contribution >= 4 is 41.1 Å². The number of hydrogen-bond acceptors (Lipinski definition) is 5. The fourth-order valence-corrected chi connectivity index (χ4v) is 0. The van der Waals surface area contributed by atoms with Crippen molar-refractivity contribution in [2.24, 2.45) is 0 Å². The number of carboxylic acids is 1. The Labute approximate surface area is 68.1 Å². The monoisotopic (exact) mass is 188 g/mol. The molecule has 0 saturated carbocycles. The Balaban J connectivity index is 0. The molecule has 0 aliphatic carbocycles. The van der Waals surface area contributed by atoms with Crippen molar-refractivity contribution in [1.29, 1.82) is 0 Å². The average molecular weight is 188 g/mol. The molecule has 0 atom stereocenters. The maximum absolute atomic E-state index is 9.29. The zero-order valence-corrected chi connectivity index (χ0v) is 7.12. The molecule has 56 valence electrons. The molecule has 0 unspecified atom stereocenters. The molecule has 0 bridgehead atoms. The lowest BCUT2D eigenvalue weighted by Gasteiger charge is -1.71. The van der Waals surface area contributed by atoms with Crippen molar-refractivity contribution in [2.45, 2.75) is 0 Å². The number of aliphatic carboxylic acids is 1. The van der Waals surface area contributed by atoms with E-state index in [1.807, 2.05) is 0 Å².